The van der Waals surface area contributed by atoms with E-state index in [-0.39, 0.29) is 13.1 Å². The maximum Gasteiger partial charge on any atom is 0.325 e. The highest BCUT2D eigenvalue weighted by atomic mass is 16.5. The fourth-order valence-corrected chi connectivity index (χ4v) is 1.54. The molecule has 0 aliphatic carbocycles. The number of para-hydroxylation sites is 1. The van der Waals surface area contributed by atoms with Crippen molar-refractivity contribution in [2.75, 3.05) is 20.2 Å². The van der Waals surface area contributed by atoms with E-state index in [2.05, 4.69) is 15.3 Å². The zero-order chi connectivity index (χ0) is 13.4. The third-order valence-electron chi connectivity index (χ3n) is 2.32. The minimum Gasteiger partial charge on any atom is -0.496 e. The normalized spacial score (nSPS) is 11.4. The number of nitrogens with one attached hydrogen (secondary N) is 1. The lowest BCUT2D eigenvalue weighted by atomic mass is 10.1. The van der Waals surface area contributed by atoms with Gasteiger partial charge >= 0.3 is 5.97 Å². The molecule has 0 saturated heterocycles. The second-order valence-corrected chi connectivity index (χ2v) is 3.42. The summed E-state index contributed by atoms with van der Waals surface area (Å²) in [5.41, 5.74) is 8.67. The number of carboxylic acids is 1. The van der Waals surface area contributed by atoms with Gasteiger partial charge in [0.25, 0.3) is 0 Å². The summed E-state index contributed by atoms with van der Waals surface area (Å²) >= 11 is 0. The number of benzene rings is 1. The smallest absolute Gasteiger partial charge is 0.325 e. The summed E-state index contributed by atoms with van der Waals surface area (Å²) < 4.78 is 5.12. The van der Waals surface area contributed by atoms with Crippen LogP contribution in [0.15, 0.2) is 29.4 Å². The summed E-state index contributed by atoms with van der Waals surface area (Å²) in [5, 5.41) is 15.3. The SMILES string of the molecule is COc1ccccc1C(NCCN=[N+]=[N-])C(=O)O. The molecule has 0 spiro atoms. The van der Waals surface area contributed by atoms with Gasteiger partial charge in [0.1, 0.15) is 11.8 Å². The van der Waals surface area contributed by atoms with E-state index in [4.69, 9.17) is 10.3 Å². The van der Waals surface area contributed by atoms with Crippen molar-refractivity contribution in [1.29, 1.82) is 0 Å². The number of hydrogen-bond donors (Lipinski definition) is 2. The first-order valence-corrected chi connectivity index (χ1v) is 5.30. The lowest BCUT2D eigenvalue weighted by Crippen LogP contribution is -2.30. The molecule has 1 unspecified atom stereocenters. The highest BCUT2D eigenvalue weighted by Crippen LogP contribution is 2.24. The Labute approximate surface area is 104 Å². The van der Waals surface area contributed by atoms with Crippen molar-refractivity contribution in [3.63, 3.8) is 0 Å². The van der Waals surface area contributed by atoms with Crippen molar-refractivity contribution in [2.45, 2.75) is 6.04 Å². The summed E-state index contributed by atoms with van der Waals surface area (Å²) in [6.07, 6.45) is 0. The standard InChI is InChI=1S/C11H14N4O3/c1-18-9-5-3-2-4-8(9)10(11(16)17)13-6-7-14-15-12/h2-5,10,13H,6-7H2,1H3,(H,16,17). The van der Waals surface area contributed by atoms with E-state index in [1.54, 1.807) is 24.3 Å². The Morgan fingerprint density at radius 2 is 2.33 bits per heavy atom. The molecule has 1 rings (SSSR count). The van der Waals surface area contributed by atoms with Gasteiger partial charge in [0.05, 0.1) is 7.11 Å². The Morgan fingerprint density at radius 3 is 2.94 bits per heavy atom. The molecule has 1 aromatic rings. The van der Waals surface area contributed by atoms with Crippen LogP contribution in [0, 0.1) is 0 Å². The number of nitrogens with zero attached hydrogens (tertiary/aromatic N) is 3. The molecule has 0 heterocycles. The number of rotatable bonds is 7. The first-order chi connectivity index (χ1) is 8.70. The fourth-order valence-electron chi connectivity index (χ4n) is 1.54. The lowest BCUT2D eigenvalue weighted by Gasteiger charge is -2.16. The molecule has 1 aromatic carbocycles. The van der Waals surface area contributed by atoms with Crippen LogP contribution in [0.2, 0.25) is 0 Å². The van der Waals surface area contributed by atoms with Gasteiger partial charge < -0.3 is 15.2 Å². The molecular formula is C11H14N4O3. The largest absolute Gasteiger partial charge is 0.496 e. The molecule has 0 fully saturated rings. The molecule has 0 radical (unpaired) electrons. The van der Waals surface area contributed by atoms with Gasteiger partial charge in [-0.3, -0.25) is 4.79 Å². The van der Waals surface area contributed by atoms with Crippen molar-refractivity contribution < 1.29 is 14.6 Å². The van der Waals surface area contributed by atoms with Gasteiger partial charge in [-0.15, -0.1) is 0 Å². The maximum absolute atomic E-state index is 11.2. The zero-order valence-electron chi connectivity index (χ0n) is 9.91. The molecular weight excluding hydrogens is 236 g/mol. The first kappa shape index (κ1) is 13.8. The molecule has 7 heteroatoms. The van der Waals surface area contributed by atoms with Gasteiger partial charge in [-0.1, -0.05) is 23.3 Å². The summed E-state index contributed by atoms with van der Waals surface area (Å²) in [7, 11) is 1.48. The number of carboxylic acid groups (broad SMARTS) is 1. The average molecular weight is 250 g/mol. The number of azide groups is 1. The van der Waals surface area contributed by atoms with E-state index in [1.807, 2.05) is 0 Å². The third-order valence-corrected chi connectivity index (χ3v) is 2.32. The quantitative estimate of drug-likeness (QED) is 0.332. The van der Waals surface area contributed by atoms with E-state index in [0.717, 1.165) is 0 Å². The minimum atomic E-state index is -1.01. The van der Waals surface area contributed by atoms with E-state index in [0.29, 0.717) is 11.3 Å². The van der Waals surface area contributed by atoms with E-state index in [1.165, 1.54) is 7.11 Å². The van der Waals surface area contributed by atoms with Crippen LogP contribution in [0.4, 0.5) is 0 Å². The Kier molecular flexibility index (Phi) is 5.50. The van der Waals surface area contributed by atoms with Crippen LogP contribution < -0.4 is 10.1 Å². The summed E-state index contributed by atoms with van der Waals surface area (Å²) in [5.74, 6) is -0.512. The highest BCUT2D eigenvalue weighted by molar-refractivity contribution is 5.76. The minimum absolute atomic E-state index is 0.190. The van der Waals surface area contributed by atoms with Gasteiger partial charge in [0.2, 0.25) is 0 Å². The van der Waals surface area contributed by atoms with Gasteiger partial charge in [0, 0.05) is 23.6 Å². The molecule has 0 aliphatic heterocycles. The number of hydrogen-bond acceptors (Lipinski definition) is 4. The van der Waals surface area contributed by atoms with Crippen LogP contribution >= 0.6 is 0 Å². The Hall–Kier alpha value is -2.24. The van der Waals surface area contributed by atoms with Crippen molar-refractivity contribution >= 4 is 5.97 Å². The third kappa shape index (κ3) is 3.65. The predicted octanol–water partition coefficient (Wildman–Crippen LogP) is 1.72. The lowest BCUT2D eigenvalue weighted by molar-refractivity contribution is -0.139. The summed E-state index contributed by atoms with van der Waals surface area (Å²) in [6.45, 7) is 0.467. The van der Waals surface area contributed by atoms with E-state index in [9.17, 15) is 9.90 Å². The topological polar surface area (TPSA) is 107 Å². The molecule has 7 nitrogen and oxygen atoms in total. The molecule has 18 heavy (non-hydrogen) atoms. The Balaban J connectivity index is 2.83. The van der Waals surface area contributed by atoms with Gasteiger partial charge in [0.15, 0.2) is 0 Å². The summed E-state index contributed by atoms with van der Waals surface area (Å²) in [6, 6.07) is 5.98. The van der Waals surface area contributed by atoms with Crippen LogP contribution in [0.1, 0.15) is 11.6 Å². The van der Waals surface area contributed by atoms with E-state index < -0.39 is 12.0 Å². The van der Waals surface area contributed by atoms with Crippen molar-refractivity contribution in [1.82, 2.24) is 5.32 Å². The average Bonchev–Trinajstić information content (AvgIpc) is 2.38. The summed E-state index contributed by atoms with van der Waals surface area (Å²) in [4.78, 5) is 13.8. The van der Waals surface area contributed by atoms with Gasteiger partial charge in [-0.2, -0.15) is 0 Å². The van der Waals surface area contributed by atoms with E-state index >= 15 is 0 Å². The molecule has 96 valence electrons. The maximum atomic E-state index is 11.2. The monoisotopic (exact) mass is 250 g/mol. The molecule has 0 bridgehead atoms. The number of carbonyl (C=O) groups is 1. The second kappa shape index (κ2) is 7.16. The van der Waals surface area contributed by atoms with Crippen LogP contribution in [0.25, 0.3) is 10.4 Å². The number of aliphatic carboxylic acids is 1. The number of methoxy groups -OCH3 is 1. The predicted molar refractivity (Wildman–Crippen MR) is 65.4 cm³/mol. The molecule has 0 aromatic heterocycles. The van der Waals surface area contributed by atoms with Crippen LogP contribution in [0.5, 0.6) is 5.75 Å². The van der Waals surface area contributed by atoms with Crippen molar-refractivity contribution in [2.24, 2.45) is 5.11 Å². The van der Waals surface area contributed by atoms with Gasteiger partial charge in [-0.25, -0.2) is 0 Å². The van der Waals surface area contributed by atoms with Gasteiger partial charge in [-0.05, 0) is 11.6 Å². The second-order valence-electron chi connectivity index (χ2n) is 3.42. The molecule has 0 aliphatic rings. The molecule has 0 saturated carbocycles. The van der Waals surface area contributed by atoms with Crippen molar-refractivity contribution in [3.8, 4) is 5.75 Å². The molecule has 1 atom stereocenters. The van der Waals surface area contributed by atoms with Crippen LogP contribution in [-0.4, -0.2) is 31.3 Å². The molecule has 2 N–H and O–H groups in total. The first-order valence-electron chi connectivity index (χ1n) is 5.30. The van der Waals surface area contributed by atoms with Crippen LogP contribution in [-0.2, 0) is 4.79 Å². The van der Waals surface area contributed by atoms with Crippen molar-refractivity contribution in [3.05, 3.63) is 40.3 Å². The van der Waals surface area contributed by atoms with Crippen LogP contribution in [0.3, 0.4) is 0 Å². The fraction of sp³-hybridized carbons (Fsp3) is 0.364. The number of ether oxygens (including phenoxy) is 1. The zero-order valence-corrected chi connectivity index (χ0v) is 9.91. The Bertz CT molecular complexity index is 457. The highest BCUT2D eigenvalue weighted by Gasteiger charge is 2.21. The molecule has 0 amide bonds. The Morgan fingerprint density at radius 1 is 1.61 bits per heavy atom.